The molecule has 0 fully saturated rings. The number of benzene rings is 8. The Morgan fingerprint density at radius 1 is 0.435 bits per heavy atom. The SMILES string of the molecule is Cc1ccccc1N(c1ccc2c(c1)C1(c3ccccc3-c3ccccc31)c1cc(N(c3ccccc3C)c3ncccc3C)c3c(oc4ccccc43)c1-2)c1ccccc1C. The molecule has 0 aliphatic heterocycles. The van der Waals surface area contributed by atoms with E-state index in [1.807, 2.05) is 12.3 Å². The predicted octanol–water partition coefficient (Wildman–Crippen LogP) is 15.5. The first-order valence-electron chi connectivity index (χ1n) is 21.5. The van der Waals surface area contributed by atoms with Crippen LogP contribution in [0.4, 0.5) is 34.3 Å². The van der Waals surface area contributed by atoms with Gasteiger partial charge in [0.1, 0.15) is 17.0 Å². The number of nitrogens with zero attached hydrogens (tertiary/aromatic N) is 3. The number of anilines is 6. The zero-order valence-electron chi connectivity index (χ0n) is 35.1. The van der Waals surface area contributed by atoms with Crippen LogP contribution in [0.25, 0.3) is 44.2 Å². The van der Waals surface area contributed by atoms with Crippen molar-refractivity contribution in [2.24, 2.45) is 0 Å². The molecule has 2 aliphatic carbocycles. The highest BCUT2D eigenvalue weighted by atomic mass is 16.3. The number of hydrogen-bond acceptors (Lipinski definition) is 4. The van der Waals surface area contributed by atoms with E-state index in [1.165, 1.54) is 50.1 Å². The van der Waals surface area contributed by atoms with E-state index >= 15 is 0 Å². The monoisotopic (exact) mass is 797 g/mol. The topological polar surface area (TPSA) is 32.5 Å². The first kappa shape index (κ1) is 36.2. The van der Waals surface area contributed by atoms with E-state index in [4.69, 9.17) is 9.40 Å². The summed E-state index contributed by atoms with van der Waals surface area (Å²) in [6.45, 7) is 8.76. The van der Waals surface area contributed by atoms with Gasteiger partial charge >= 0.3 is 0 Å². The highest BCUT2D eigenvalue weighted by molar-refractivity contribution is 6.20. The van der Waals surface area contributed by atoms with Crippen LogP contribution in [0, 0.1) is 27.7 Å². The molecule has 0 saturated carbocycles. The van der Waals surface area contributed by atoms with Crippen molar-refractivity contribution in [2.45, 2.75) is 33.1 Å². The summed E-state index contributed by atoms with van der Waals surface area (Å²) in [5.74, 6) is 0.888. The van der Waals surface area contributed by atoms with Crippen molar-refractivity contribution in [3.05, 3.63) is 233 Å². The van der Waals surface area contributed by atoms with Crippen LogP contribution in [0.1, 0.15) is 44.5 Å². The van der Waals surface area contributed by atoms with Gasteiger partial charge in [0.05, 0.1) is 22.2 Å². The number of rotatable bonds is 6. The minimum atomic E-state index is -0.671. The summed E-state index contributed by atoms with van der Waals surface area (Å²) < 4.78 is 7.24. The summed E-state index contributed by atoms with van der Waals surface area (Å²) in [5, 5.41) is 2.14. The van der Waals surface area contributed by atoms with Gasteiger partial charge in [-0.1, -0.05) is 133 Å². The van der Waals surface area contributed by atoms with Gasteiger partial charge in [0.2, 0.25) is 0 Å². The Kier molecular flexibility index (Phi) is 7.98. The average molecular weight is 798 g/mol. The van der Waals surface area contributed by atoms with Crippen molar-refractivity contribution in [1.82, 2.24) is 4.98 Å². The van der Waals surface area contributed by atoms with E-state index in [2.05, 4.69) is 213 Å². The van der Waals surface area contributed by atoms with Gasteiger partial charge in [0, 0.05) is 34.2 Å². The molecule has 62 heavy (non-hydrogen) atoms. The lowest BCUT2D eigenvalue weighted by molar-refractivity contribution is 0.669. The van der Waals surface area contributed by atoms with Crippen LogP contribution >= 0.6 is 0 Å². The number of para-hydroxylation sites is 4. The molecular weight excluding hydrogens is 755 g/mol. The first-order chi connectivity index (χ1) is 30.4. The fourth-order valence-corrected chi connectivity index (χ4v) is 10.7. The minimum Gasteiger partial charge on any atom is -0.455 e. The molecule has 1 spiro atoms. The molecule has 4 nitrogen and oxygen atoms in total. The second-order valence-corrected chi connectivity index (χ2v) is 16.9. The Bertz CT molecular complexity index is 3310. The molecule has 12 rings (SSSR count). The average Bonchev–Trinajstić information content (AvgIpc) is 3.93. The van der Waals surface area contributed by atoms with Gasteiger partial charge in [-0.3, -0.25) is 4.90 Å². The lowest BCUT2D eigenvalue weighted by atomic mass is 9.70. The zero-order valence-corrected chi connectivity index (χ0v) is 35.1. The van der Waals surface area contributed by atoms with Gasteiger partial charge in [0.25, 0.3) is 0 Å². The van der Waals surface area contributed by atoms with Crippen molar-refractivity contribution in [3.63, 3.8) is 0 Å². The zero-order chi connectivity index (χ0) is 41.7. The Morgan fingerprint density at radius 3 is 1.61 bits per heavy atom. The number of fused-ring (bicyclic) bond motifs is 14. The molecule has 0 saturated heterocycles. The van der Waals surface area contributed by atoms with Crippen LogP contribution in [0.15, 0.2) is 193 Å². The number of aryl methyl sites for hydroxylation is 4. The van der Waals surface area contributed by atoms with Gasteiger partial charge in [0.15, 0.2) is 0 Å². The summed E-state index contributed by atoms with van der Waals surface area (Å²) in [6.07, 6.45) is 1.91. The Morgan fingerprint density at radius 2 is 0.984 bits per heavy atom. The van der Waals surface area contributed by atoms with E-state index < -0.39 is 5.41 Å². The van der Waals surface area contributed by atoms with Crippen LogP contribution in [0.3, 0.4) is 0 Å². The fraction of sp³-hybridized carbons (Fsp3) is 0.0862. The van der Waals surface area contributed by atoms with Gasteiger partial charge in [-0.25, -0.2) is 4.98 Å². The maximum atomic E-state index is 7.24. The second kappa shape index (κ2) is 13.7. The smallest absolute Gasteiger partial charge is 0.145 e. The molecule has 0 bridgehead atoms. The van der Waals surface area contributed by atoms with Crippen molar-refractivity contribution in [1.29, 1.82) is 0 Å². The van der Waals surface area contributed by atoms with Gasteiger partial charge in [-0.2, -0.15) is 0 Å². The minimum absolute atomic E-state index is 0.671. The summed E-state index contributed by atoms with van der Waals surface area (Å²) >= 11 is 0. The summed E-state index contributed by atoms with van der Waals surface area (Å²) in [5.41, 5.74) is 21.1. The molecule has 0 amide bonds. The quantitative estimate of drug-likeness (QED) is 0.168. The Balaban J connectivity index is 1.25. The molecule has 2 aromatic heterocycles. The van der Waals surface area contributed by atoms with Crippen LogP contribution in [0.5, 0.6) is 0 Å². The largest absolute Gasteiger partial charge is 0.455 e. The van der Waals surface area contributed by atoms with Crippen LogP contribution in [0.2, 0.25) is 0 Å². The summed E-state index contributed by atoms with van der Waals surface area (Å²) in [4.78, 5) is 9.95. The maximum Gasteiger partial charge on any atom is 0.145 e. The number of hydrogen-bond donors (Lipinski definition) is 0. The molecule has 4 heteroatoms. The molecule has 8 aromatic carbocycles. The van der Waals surface area contributed by atoms with Crippen LogP contribution in [-0.4, -0.2) is 4.98 Å². The van der Waals surface area contributed by atoms with Gasteiger partial charge < -0.3 is 9.32 Å². The normalized spacial score (nSPS) is 13.0. The first-order valence-corrected chi connectivity index (χ1v) is 21.5. The third kappa shape index (κ3) is 4.98. The van der Waals surface area contributed by atoms with Crippen molar-refractivity contribution >= 4 is 56.2 Å². The summed E-state index contributed by atoms with van der Waals surface area (Å²) in [7, 11) is 0. The molecule has 2 heterocycles. The number of aromatic nitrogens is 1. The second-order valence-electron chi connectivity index (χ2n) is 16.9. The van der Waals surface area contributed by atoms with Gasteiger partial charge in [-0.05, 0) is 137 Å². The third-order valence-electron chi connectivity index (χ3n) is 13.4. The number of furan rings is 1. The van der Waals surface area contributed by atoms with Crippen molar-refractivity contribution in [3.8, 4) is 22.3 Å². The molecule has 0 atom stereocenters. The van der Waals surface area contributed by atoms with E-state index in [-0.39, 0.29) is 0 Å². The standard InChI is InChI=1S/C58H43N3O/c1-36-18-5-13-27-49(36)60(50-28-14-6-19-37(50)2)40-31-32-43-47(34-40)58(45-25-11-8-22-41(45)42-23-9-12-26-46(42)58)48-35-52(55-44-24-10-16-30-53(44)62-56(55)54(43)48)61(51-29-15-7-20-38(51)3)57-39(4)21-17-33-59-57/h5-35H,1-4H3. The molecule has 0 N–H and O–H groups in total. The molecule has 0 radical (unpaired) electrons. The fourth-order valence-electron chi connectivity index (χ4n) is 10.7. The lowest BCUT2D eigenvalue weighted by Gasteiger charge is -2.34. The van der Waals surface area contributed by atoms with Crippen molar-refractivity contribution in [2.75, 3.05) is 9.80 Å². The van der Waals surface area contributed by atoms with E-state index in [0.717, 1.165) is 72.9 Å². The van der Waals surface area contributed by atoms with Crippen LogP contribution in [-0.2, 0) is 5.41 Å². The molecule has 296 valence electrons. The van der Waals surface area contributed by atoms with E-state index in [0.29, 0.717) is 0 Å². The van der Waals surface area contributed by atoms with E-state index in [1.54, 1.807) is 0 Å². The van der Waals surface area contributed by atoms with E-state index in [9.17, 15) is 0 Å². The molecule has 0 unspecified atom stereocenters. The number of pyridine rings is 1. The molecule has 10 aromatic rings. The summed E-state index contributed by atoms with van der Waals surface area (Å²) in [6, 6.07) is 66.5. The molecule has 2 aliphatic rings. The lowest BCUT2D eigenvalue weighted by Crippen LogP contribution is -2.27. The Hall–Kier alpha value is -7.69. The highest BCUT2D eigenvalue weighted by Crippen LogP contribution is 2.66. The third-order valence-corrected chi connectivity index (χ3v) is 13.4. The predicted molar refractivity (Wildman–Crippen MR) is 256 cm³/mol. The Labute approximate surface area is 362 Å². The van der Waals surface area contributed by atoms with Crippen LogP contribution < -0.4 is 9.80 Å². The van der Waals surface area contributed by atoms with Crippen molar-refractivity contribution < 1.29 is 4.42 Å². The van der Waals surface area contributed by atoms with Gasteiger partial charge in [-0.15, -0.1) is 0 Å². The molecular formula is C58H43N3O. The maximum absolute atomic E-state index is 7.24. The highest BCUT2D eigenvalue weighted by Gasteiger charge is 2.53.